The van der Waals surface area contributed by atoms with E-state index in [9.17, 15) is 4.79 Å². The first-order valence-electron chi connectivity index (χ1n) is 8.48. The zero-order chi connectivity index (χ0) is 16.4. The highest BCUT2D eigenvalue weighted by Gasteiger charge is 2.29. The lowest BCUT2D eigenvalue weighted by Crippen LogP contribution is -2.37. The van der Waals surface area contributed by atoms with Gasteiger partial charge >= 0.3 is 6.03 Å². The van der Waals surface area contributed by atoms with Crippen LogP contribution in [-0.4, -0.2) is 29.1 Å². The van der Waals surface area contributed by atoms with E-state index in [4.69, 9.17) is 9.15 Å². The van der Waals surface area contributed by atoms with Crippen LogP contribution in [-0.2, 0) is 17.8 Å². The molecule has 1 saturated heterocycles. The quantitative estimate of drug-likeness (QED) is 0.893. The van der Waals surface area contributed by atoms with E-state index < -0.39 is 0 Å². The molecular formula is C17H21N3O3S. The van der Waals surface area contributed by atoms with Crippen molar-refractivity contribution in [2.45, 2.75) is 44.8 Å². The Morgan fingerprint density at radius 2 is 2.33 bits per heavy atom. The second kappa shape index (κ2) is 6.94. The molecule has 4 rings (SSSR count). The summed E-state index contributed by atoms with van der Waals surface area (Å²) < 4.78 is 11.0. The smallest absolute Gasteiger partial charge is 0.324 e. The van der Waals surface area contributed by atoms with Crippen molar-refractivity contribution in [2.24, 2.45) is 0 Å². The molecule has 2 aromatic rings. The largest absolute Gasteiger partial charge is 0.467 e. The normalized spacial score (nSPS) is 21.2. The molecule has 0 bridgehead atoms. The number of anilines is 1. The van der Waals surface area contributed by atoms with Crippen molar-refractivity contribution in [3.05, 3.63) is 34.7 Å². The van der Waals surface area contributed by atoms with Gasteiger partial charge in [0.15, 0.2) is 5.13 Å². The van der Waals surface area contributed by atoms with Crippen molar-refractivity contribution in [1.29, 1.82) is 0 Å². The lowest BCUT2D eigenvalue weighted by Gasteiger charge is -2.28. The molecule has 24 heavy (non-hydrogen) atoms. The summed E-state index contributed by atoms with van der Waals surface area (Å²) in [7, 11) is 0. The van der Waals surface area contributed by atoms with Crippen LogP contribution < -0.4 is 5.32 Å². The van der Waals surface area contributed by atoms with E-state index >= 15 is 0 Å². The number of furan rings is 1. The number of thiazole rings is 1. The molecule has 0 aromatic carbocycles. The van der Waals surface area contributed by atoms with Gasteiger partial charge in [-0.2, -0.15) is 0 Å². The van der Waals surface area contributed by atoms with E-state index in [2.05, 4.69) is 10.3 Å². The molecule has 0 unspecified atom stereocenters. The van der Waals surface area contributed by atoms with Gasteiger partial charge in [0, 0.05) is 13.0 Å². The van der Waals surface area contributed by atoms with Gasteiger partial charge in [-0.3, -0.25) is 5.32 Å². The van der Waals surface area contributed by atoms with E-state index in [-0.39, 0.29) is 12.1 Å². The number of amides is 2. The summed E-state index contributed by atoms with van der Waals surface area (Å²) in [5.41, 5.74) is 1.06. The van der Waals surface area contributed by atoms with E-state index in [0.717, 1.165) is 55.0 Å². The number of rotatable bonds is 2. The first-order valence-corrected chi connectivity index (χ1v) is 9.30. The molecular weight excluding hydrogens is 326 g/mol. The third kappa shape index (κ3) is 3.18. The predicted molar refractivity (Wildman–Crippen MR) is 91.1 cm³/mol. The molecule has 2 aliphatic rings. The maximum atomic E-state index is 12.8. The van der Waals surface area contributed by atoms with Crippen molar-refractivity contribution in [3.8, 4) is 0 Å². The van der Waals surface area contributed by atoms with E-state index in [0.29, 0.717) is 18.3 Å². The number of carbonyl (C=O) groups is 1. The molecule has 128 valence electrons. The lowest BCUT2D eigenvalue weighted by atomic mass is 10.1. The van der Waals surface area contributed by atoms with Crippen LogP contribution in [0.1, 0.15) is 48.1 Å². The van der Waals surface area contributed by atoms with E-state index in [1.54, 1.807) is 6.26 Å². The minimum absolute atomic E-state index is 0.000389. The predicted octanol–water partition coefficient (Wildman–Crippen LogP) is 3.96. The maximum absolute atomic E-state index is 12.8. The molecule has 4 heterocycles. The molecule has 0 aliphatic carbocycles. The van der Waals surface area contributed by atoms with Crippen LogP contribution in [0.4, 0.5) is 9.93 Å². The molecule has 7 heteroatoms. The van der Waals surface area contributed by atoms with Gasteiger partial charge in [-0.1, -0.05) is 24.2 Å². The first-order chi connectivity index (χ1) is 11.8. The summed E-state index contributed by atoms with van der Waals surface area (Å²) >= 11 is 1.51. The molecule has 1 fully saturated rings. The van der Waals surface area contributed by atoms with Crippen molar-refractivity contribution in [2.75, 3.05) is 18.5 Å². The number of nitrogens with zero attached hydrogens (tertiary/aromatic N) is 2. The van der Waals surface area contributed by atoms with Gasteiger partial charge in [-0.25, -0.2) is 9.78 Å². The van der Waals surface area contributed by atoms with Gasteiger partial charge in [-0.05, 0) is 25.0 Å². The number of nitrogens with one attached hydrogen (secondary N) is 1. The minimum atomic E-state index is -0.0923. The number of hydrogen-bond acceptors (Lipinski definition) is 5. The SMILES string of the molecule is O=C(Nc1nc2c(s1)COCC2)N1CCCCC[C@H]1c1ccco1. The number of aromatic nitrogens is 1. The molecule has 0 spiro atoms. The minimum Gasteiger partial charge on any atom is -0.467 e. The monoisotopic (exact) mass is 347 g/mol. The van der Waals surface area contributed by atoms with E-state index in [1.807, 2.05) is 17.0 Å². The first kappa shape index (κ1) is 15.7. The summed E-state index contributed by atoms with van der Waals surface area (Å²) in [6.07, 6.45) is 6.70. The zero-order valence-electron chi connectivity index (χ0n) is 13.5. The zero-order valence-corrected chi connectivity index (χ0v) is 14.3. The van der Waals surface area contributed by atoms with Crippen molar-refractivity contribution in [1.82, 2.24) is 9.88 Å². The molecule has 0 radical (unpaired) electrons. The highest BCUT2D eigenvalue weighted by Crippen LogP contribution is 2.32. The molecule has 6 nitrogen and oxygen atoms in total. The van der Waals surface area contributed by atoms with Crippen LogP contribution in [0.5, 0.6) is 0 Å². The van der Waals surface area contributed by atoms with Gasteiger partial charge < -0.3 is 14.1 Å². The molecule has 2 amide bonds. The number of hydrogen-bond donors (Lipinski definition) is 1. The Balaban J connectivity index is 1.51. The Kier molecular flexibility index (Phi) is 4.53. The summed E-state index contributed by atoms with van der Waals surface area (Å²) in [6, 6.07) is 3.74. The van der Waals surface area contributed by atoms with Crippen molar-refractivity contribution < 1.29 is 13.9 Å². The Bertz CT molecular complexity index is 675. The second-order valence-corrected chi connectivity index (χ2v) is 7.28. The Hall–Kier alpha value is -1.86. The van der Waals surface area contributed by atoms with Gasteiger partial charge in [0.2, 0.25) is 0 Å². The fraction of sp³-hybridized carbons (Fsp3) is 0.529. The number of likely N-dealkylation sites (tertiary alicyclic amines) is 1. The third-order valence-corrected chi connectivity index (χ3v) is 5.58. The van der Waals surface area contributed by atoms with Crippen LogP contribution in [0.25, 0.3) is 0 Å². The van der Waals surface area contributed by atoms with Crippen LogP contribution in [0.3, 0.4) is 0 Å². The summed E-state index contributed by atoms with van der Waals surface area (Å²) in [5.74, 6) is 0.860. The van der Waals surface area contributed by atoms with Crippen molar-refractivity contribution >= 4 is 22.5 Å². The van der Waals surface area contributed by atoms with Crippen molar-refractivity contribution in [3.63, 3.8) is 0 Å². The standard InChI is InChI=1S/C17H21N3O3S/c21-17(19-16-18-12-7-10-22-11-15(12)24-16)20-8-3-1-2-5-13(20)14-6-4-9-23-14/h4,6,9,13H,1-3,5,7-8,10-11H2,(H,18,19,21)/t13-/m0/s1. The third-order valence-electron chi connectivity index (χ3n) is 4.59. The number of urea groups is 1. The second-order valence-electron chi connectivity index (χ2n) is 6.20. The average Bonchev–Trinajstić information content (AvgIpc) is 3.18. The Morgan fingerprint density at radius 1 is 1.38 bits per heavy atom. The van der Waals surface area contributed by atoms with Gasteiger partial charge in [0.1, 0.15) is 5.76 Å². The highest BCUT2D eigenvalue weighted by molar-refractivity contribution is 7.15. The van der Waals surface area contributed by atoms with Gasteiger partial charge in [-0.15, -0.1) is 0 Å². The average molecular weight is 347 g/mol. The Morgan fingerprint density at radius 3 is 3.17 bits per heavy atom. The van der Waals surface area contributed by atoms with Crippen LogP contribution in [0.15, 0.2) is 22.8 Å². The van der Waals surface area contributed by atoms with Gasteiger partial charge in [0.05, 0.1) is 36.1 Å². The number of ether oxygens (including phenoxy) is 1. The topological polar surface area (TPSA) is 67.6 Å². The number of carbonyl (C=O) groups excluding carboxylic acids is 1. The summed E-state index contributed by atoms with van der Waals surface area (Å²) in [6.45, 7) is 2.05. The summed E-state index contributed by atoms with van der Waals surface area (Å²) in [4.78, 5) is 20.4. The van der Waals surface area contributed by atoms with Crippen LogP contribution in [0.2, 0.25) is 0 Å². The summed E-state index contributed by atoms with van der Waals surface area (Å²) in [5, 5.41) is 3.65. The fourth-order valence-corrected chi connectivity index (χ4v) is 4.31. The maximum Gasteiger partial charge on any atom is 0.324 e. The highest BCUT2D eigenvalue weighted by atomic mass is 32.1. The molecule has 2 aliphatic heterocycles. The van der Waals surface area contributed by atoms with Crippen LogP contribution in [0, 0.1) is 0 Å². The number of fused-ring (bicyclic) bond motifs is 1. The van der Waals surface area contributed by atoms with Gasteiger partial charge in [0.25, 0.3) is 0 Å². The van der Waals surface area contributed by atoms with Crippen LogP contribution >= 0.6 is 11.3 Å². The lowest BCUT2D eigenvalue weighted by molar-refractivity contribution is 0.112. The fourth-order valence-electron chi connectivity index (χ4n) is 3.37. The molecule has 0 saturated carbocycles. The Labute approximate surface area is 144 Å². The van der Waals surface area contributed by atoms with E-state index in [1.165, 1.54) is 11.3 Å². The molecule has 2 aromatic heterocycles. The molecule has 1 N–H and O–H groups in total. The molecule has 1 atom stereocenters.